The molecule has 5 heteroatoms. The summed E-state index contributed by atoms with van der Waals surface area (Å²) in [5.74, 6) is 0.883. The third kappa shape index (κ3) is 2.54. The zero-order valence-corrected chi connectivity index (χ0v) is 12.7. The van der Waals surface area contributed by atoms with E-state index in [1.807, 2.05) is 19.0 Å². The molecule has 0 N–H and O–H groups in total. The lowest BCUT2D eigenvalue weighted by molar-refractivity contribution is 0.0477. The molecule has 2 unspecified atom stereocenters. The number of methoxy groups -OCH3 is 1. The summed E-state index contributed by atoms with van der Waals surface area (Å²) < 4.78 is 5.20. The number of hydrogen-bond donors (Lipinski definition) is 0. The van der Waals surface area contributed by atoms with E-state index in [1.54, 1.807) is 12.4 Å². The van der Waals surface area contributed by atoms with Crippen LogP contribution in [0, 0.1) is 5.92 Å². The van der Waals surface area contributed by atoms with Gasteiger partial charge in [0.1, 0.15) is 0 Å². The minimum Gasteiger partial charge on any atom is -0.479 e. The Morgan fingerprint density at radius 2 is 2.10 bits per heavy atom. The first-order valence-corrected chi connectivity index (χ1v) is 7.08. The SMILES string of the molecule is COc1nccnc1C(=O)C1(N(C)C)CCCC(C)C1. The smallest absolute Gasteiger partial charge is 0.243 e. The van der Waals surface area contributed by atoms with E-state index in [4.69, 9.17) is 4.74 Å². The Hall–Kier alpha value is -1.49. The number of ketones is 1. The van der Waals surface area contributed by atoms with E-state index in [2.05, 4.69) is 16.9 Å². The Bertz CT molecular complexity index is 490. The largest absolute Gasteiger partial charge is 0.479 e. The number of carbonyl (C=O) groups is 1. The van der Waals surface area contributed by atoms with E-state index in [0.29, 0.717) is 17.5 Å². The number of carbonyl (C=O) groups excluding carboxylic acids is 1. The summed E-state index contributed by atoms with van der Waals surface area (Å²) in [6.07, 6.45) is 7.06. The third-order valence-corrected chi connectivity index (χ3v) is 4.33. The molecule has 2 rings (SSSR count). The van der Waals surface area contributed by atoms with Gasteiger partial charge in [-0.05, 0) is 32.9 Å². The van der Waals surface area contributed by atoms with Crippen LogP contribution < -0.4 is 4.74 Å². The van der Waals surface area contributed by atoms with Gasteiger partial charge in [0.15, 0.2) is 5.69 Å². The maximum Gasteiger partial charge on any atom is 0.243 e. The highest BCUT2D eigenvalue weighted by molar-refractivity contribution is 6.03. The summed E-state index contributed by atoms with van der Waals surface area (Å²) in [6, 6.07) is 0. The van der Waals surface area contributed by atoms with E-state index in [1.165, 1.54) is 13.5 Å². The predicted octanol–water partition coefficient (Wildman–Crippen LogP) is 2.18. The lowest BCUT2D eigenvalue weighted by atomic mass is 9.72. The molecule has 1 saturated carbocycles. The number of likely N-dealkylation sites (N-methyl/N-ethyl adjacent to an activating group) is 1. The normalized spacial score (nSPS) is 26.6. The van der Waals surface area contributed by atoms with Crippen LogP contribution in [0.25, 0.3) is 0 Å². The minimum atomic E-state index is -0.485. The Morgan fingerprint density at radius 3 is 2.70 bits per heavy atom. The van der Waals surface area contributed by atoms with Crippen LogP contribution in [0.4, 0.5) is 0 Å². The lowest BCUT2D eigenvalue weighted by Crippen LogP contribution is -2.54. The fourth-order valence-electron chi connectivity index (χ4n) is 3.19. The molecule has 0 spiro atoms. The molecule has 0 radical (unpaired) electrons. The first-order chi connectivity index (χ1) is 9.51. The highest BCUT2D eigenvalue weighted by atomic mass is 16.5. The van der Waals surface area contributed by atoms with Gasteiger partial charge < -0.3 is 4.74 Å². The second-order valence-corrected chi connectivity index (χ2v) is 5.87. The first-order valence-electron chi connectivity index (χ1n) is 7.08. The van der Waals surface area contributed by atoms with E-state index in [0.717, 1.165) is 19.3 Å². The molecule has 1 heterocycles. The quantitative estimate of drug-likeness (QED) is 0.790. The fourth-order valence-corrected chi connectivity index (χ4v) is 3.19. The highest BCUT2D eigenvalue weighted by Gasteiger charge is 2.45. The summed E-state index contributed by atoms with van der Waals surface area (Å²) in [5, 5.41) is 0. The van der Waals surface area contributed by atoms with Crippen molar-refractivity contribution in [2.24, 2.45) is 5.92 Å². The van der Waals surface area contributed by atoms with Crippen molar-refractivity contribution in [3.8, 4) is 5.88 Å². The van der Waals surface area contributed by atoms with Crippen molar-refractivity contribution in [1.82, 2.24) is 14.9 Å². The molecule has 1 aromatic heterocycles. The van der Waals surface area contributed by atoms with Crippen LogP contribution in [0.5, 0.6) is 5.88 Å². The molecule has 1 aliphatic carbocycles. The van der Waals surface area contributed by atoms with Crippen molar-refractivity contribution in [2.75, 3.05) is 21.2 Å². The number of rotatable bonds is 4. The first kappa shape index (κ1) is 14.9. The van der Waals surface area contributed by atoms with Gasteiger partial charge in [0, 0.05) is 12.4 Å². The Labute approximate surface area is 120 Å². The number of hydrogen-bond acceptors (Lipinski definition) is 5. The molecule has 0 amide bonds. The van der Waals surface area contributed by atoms with Crippen LogP contribution in [0.3, 0.4) is 0 Å². The minimum absolute atomic E-state index is 0.0269. The Morgan fingerprint density at radius 1 is 1.40 bits per heavy atom. The maximum atomic E-state index is 13.1. The van der Waals surface area contributed by atoms with Crippen LogP contribution in [0.1, 0.15) is 43.1 Å². The van der Waals surface area contributed by atoms with Crippen LogP contribution in [0.15, 0.2) is 12.4 Å². The van der Waals surface area contributed by atoms with E-state index >= 15 is 0 Å². The number of nitrogens with zero attached hydrogens (tertiary/aromatic N) is 3. The van der Waals surface area contributed by atoms with Gasteiger partial charge in [-0.3, -0.25) is 9.69 Å². The van der Waals surface area contributed by atoms with Gasteiger partial charge in [-0.2, -0.15) is 0 Å². The molecular weight excluding hydrogens is 254 g/mol. The standard InChI is InChI=1S/C15H23N3O2/c1-11-6-5-7-15(10-11,18(2)3)13(19)12-14(20-4)17-9-8-16-12/h8-9,11H,5-7,10H2,1-4H3. The molecule has 110 valence electrons. The van der Waals surface area contributed by atoms with Crippen molar-refractivity contribution in [2.45, 2.75) is 38.1 Å². The van der Waals surface area contributed by atoms with Crippen LogP contribution >= 0.6 is 0 Å². The molecule has 5 nitrogen and oxygen atoms in total. The Kier molecular flexibility index (Phi) is 4.38. The molecule has 2 atom stereocenters. The summed E-state index contributed by atoms with van der Waals surface area (Å²) >= 11 is 0. The summed E-state index contributed by atoms with van der Waals surface area (Å²) in [7, 11) is 5.46. The van der Waals surface area contributed by atoms with Crippen molar-refractivity contribution < 1.29 is 9.53 Å². The molecule has 1 fully saturated rings. The third-order valence-electron chi connectivity index (χ3n) is 4.33. The van der Waals surface area contributed by atoms with Gasteiger partial charge in [-0.15, -0.1) is 0 Å². The number of ether oxygens (including phenoxy) is 1. The predicted molar refractivity (Wildman–Crippen MR) is 77.0 cm³/mol. The van der Waals surface area contributed by atoms with Crippen molar-refractivity contribution in [3.05, 3.63) is 18.1 Å². The van der Waals surface area contributed by atoms with Gasteiger partial charge >= 0.3 is 0 Å². The van der Waals surface area contributed by atoms with Crippen LogP contribution in [-0.2, 0) is 0 Å². The molecule has 0 aliphatic heterocycles. The maximum absolute atomic E-state index is 13.1. The van der Waals surface area contributed by atoms with E-state index in [9.17, 15) is 4.79 Å². The number of Topliss-reactive ketones (excluding diaryl/α,β-unsaturated/α-hetero) is 1. The fraction of sp³-hybridized carbons (Fsp3) is 0.667. The van der Waals surface area contributed by atoms with E-state index < -0.39 is 5.54 Å². The van der Waals surface area contributed by atoms with Crippen molar-refractivity contribution >= 4 is 5.78 Å². The second-order valence-electron chi connectivity index (χ2n) is 5.87. The lowest BCUT2D eigenvalue weighted by Gasteiger charge is -2.43. The van der Waals surface area contributed by atoms with Crippen LogP contribution in [0.2, 0.25) is 0 Å². The molecular formula is C15H23N3O2. The van der Waals surface area contributed by atoms with Gasteiger partial charge in [-0.25, -0.2) is 9.97 Å². The zero-order valence-electron chi connectivity index (χ0n) is 12.7. The van der Waals surface area contributed by atoms with Gasteiger partial charge in [0.05, 0.1) is 12.6 Å². The molecule has 1 aliphatic rings. The molecule has 0 bridgehead atoms. The zero-order chi connectivity index (χ0) is 14.8. The topological polar surface area (TPSA) is 55.3 Å². The monoisotopic (exact) mass is 277 g/mol. The summed E-state index contributed by atoms with van der Waals surface area (Å²) in [4.78, 5) is 23.4. The van der Waals surface area contributed by atoms with E-state index in [-0.39, 0.29) is 5.78 Å². The van der Waals surface area contributed by atoms with Gasteiger partial charge in [0.25, 0.3) is 0 Å². The van der Waals surface area contributed by atoms with Crippen molar-refractivity contribution in [1.29, 1.82) is 0 Å². The molecule has 1 aromatic rings. The van der Waals surface area contributed by atoms with Crippen molar-refractivity contribution in [3.63, 3.8) is 0 Å². The summed E-state index contributed by atoms with van der Waals surface area (Å²) in [6.45, 7) is 2.21. The van der Waals surface area contributed by atoms with Crippen LogP contribution in [-0.4, -0.2) is 47.4 Å². The average molecular weight is 277 g/mol. The van der Waals surface area contributed by atoms with Gasteiger partial charge in [-0.1, -0.05) is 19.8 Å². The molecule has 20 heavy (non-hydrogen) atoms. The second kappa shape index (κ2) is 5.87. The summed E-state index contributed by atoms with van der Waals surface area (Å²) in [5.41, 5.74) is -0.140. The average Bonchev–Trinajstić information content (AvgIpc) is 2.46. The number of aromatic nitrogens is 2. The molecule has 0 aromatic carbocycles. The highest BCUT2D eigenvalue weighted by Crippen LogP contribution is 2.38. The Balaban J connectivity index is 2.41. The molecule has 0 saturated heterocycles. The van der Waals surface area contributed by atoms with Gasteiger partial charge in [0.2, 0.25) is 11.7 Å².